The molecule has 0 aromatic carbocycles. The minimum absolute atomic E-state index is 0.0970. The lowest BCUT2D eigenvalue weighted by atomic mass is 10.1. The van der Waals surface area contributed by atoms with Gasteiger partial charge < -0.3 is 5.32 Å². The highest BCUT2D eigenvalue weighted by Crippen LogP contribution is 2.13. The zero-order valence-electron chi connectivity index (χ0n) is 13.8. The molecule has 0 saturated heterocycles. The fourth-order valence-corrected chi connectivity index (χ4v) is 2.97. The predicted octanol–water partition coefficient (Wildman–Crippen LogP) is 2.20. The summed E-state index contributed by atoms with van der Waals surface area (Å²) in [6.07, 6.45) is 5.92. The van der Waals surface area contributed by atoms with Gasteiger partial charge in [-0.25, -0.2) is 8.42 Å². The molecule has 1 rings (SSSR count). The predicted molar refractivity (Wildman–Crippen MR) is 87.3 cm³/mol. The van der Waals surface area contributed by atoms with Crippen LogP contribution in [0, 0.1) is 0 Å². The van der Waals surface area contributed by atoms with Crippen LogP contribution in [0.4, 0.5) is 0 Å². The zero-order valence-corrected chi connectivity index (χ0v) is 14.7. The molecule has 0 aliphatic carbocycles. The van der Waals surface area contributed by atoms with Crippen LogP contribution >= 0.6 is 0 Å². The van der Waals surface area contributed by atoms with E-state index in [2.05, 4.69) is 31.2 Å². The Labute approximate surface area is 129 Å². The Hall–Kier alpha value is -0.880. The first-order valence-corrected chi connectivity index (χ1v) is 9.71. The molecular formula is C15H29N3O2S. The van der Waals surface area contributed by atoms with Crippen LogP contribution < -0.4 is 5.32 Å². The van der Waals surface area contributed by atoms with Crippen molar-refractivity contribution in [2.24, 2.45) is 0 Å². The zero-order chi connectivity index (χ0) is 16.0. The second-order valence-corrected chi connectivity index (χ2v) is 8.25. The van der Waals surface area contributed by atoms with Gasteiger partial charge in [0.1, 0.15) is 0 Å². The second-order valence-electron chi connectivity index (χ2n) is 5.84. The van der Waals surface area contributed by atoms with E-state index in [1.165, 1.54) is 6.26 Å². The number of sulfone groups is 1. The van der Waals surface area contributed by atoms with E-state index >= 15 is 0 Å². The molecule has 1 heterocycles. The molecule has 1 N–H and O–H groups in total. The van der Waals surface area contributed by atoms with E-state index in [1.807, 2.05) is 16.9 Å². The van der Waals surface area contributed by atoms with E-state index < -0.39 is 15.1 Å². The molecule has 0 amide bonds. The van der Waals surface area contributed by atoms with Crippen molar-refractivity contribution in [1.82, 2.24) is 15.1 Å². The summed E-state index contributed by atoms with van der Waals surface area (Å²) >= 11 is 0. The maximum atomic E-state index is 11.8. The van der Waals surface area contributed by atoms with Gasteiger partial charge in [-0.2, -0.15) is 5.10 Å². The molecular weight excluding hydrogens is 286 g/mol. The average Bonchev–Trinajstić information content (AvgIpc) is 2.89. The number of nitrogens with one attached hydrogen (secondary N) is 1. The Morgan fingerprint density at radius 1 is 1.33 bits per heavy atom. The molecule has 0 fully saturated rings. The van der Waals surface area contributed by atoms with Gasteiger partial charge in [0, 0.05) is 31.0 Å². The minimum atomic E-state index is -3.06. The normalized spacial score (nSPS) is 16.6. The van der Waals surface area contributed by atoms with Crippen LogP contribution in [0.1, 0.15) is 52.3 Å². The van der Waals surface area contributed by atoms with Crippen LogP contribution in [0.5, 0.6) is 0 Å². The third-order valence-electron chi connectivity index (χ3n) is 4.03. The lowest BCUT2D eigenvalue weighted by Crippen LogP contribution is -2.44. The summed E-state index contributed by atoms with van der Waals surface area (Å²) in [5.41, 5.74) is 0.944. The quantitative estimate of drug-likeness (QED) is 0.759. The molecule has 122 valence electrons. The first kappa shape index (κ1) is 18.2. The standard InChI is InChI=1S/C15H29N3O2S/c1-6-9-16-15(13(4)21(5,19)20)11-14-8-10-18(17-14)12(3)7-2/h8,10,12-13,15-16H,6-7,9,11H2,1-5H3. The number of hydrogen-bond donors (Lipinski definition) is 1. The highest BCUT2D eigenvalue weighted by Gasteiger charge is 2.26. The van der Waals surface area contributed by atoms with Crippen LogP contribution in [0.3, 0.4) is 0 Å². The van der Waals surface area contributed by atoms with E-state index in [9.17, 15) is 8.42 Å². The number of hydrogen-bond acceptors (Lipinski definition) is 4. The molecule has 0 aliphatic rings. The van der Waals surface area contributed by atoms with Crippen LogP contribution in [0.2, 0.25) is 0 Å². The summed E-state index contributed by atoms with van der Waals surface area (Å²) in [5.74, 6) is 0. The molecule has 21 heavy (non-hydrogen) atoms. The minimum Gasteiger partial charge on any atom is -0.312 e. The highest BCUT2D eigenvalue weighted by molar-refractivity contribution is 7.91. The first-order chi connectivity index (χ1) is 9.79. The average molecular weight is 315 g/mol. The number of rotatable bonds is 9. The third-order valence-corrected chi connectivity index (χ3v) is 5.71. The van der Waals surface area contributed by atoms with Gasteiger partial charge in [-0.1, -0.05) is 13.8 Å². The van der Waals surface area contributed by atoms with Gasteiger partial charge in [0.25, 0.3) is 0 Å². The summed E-state index contributed by atoms with van der Waals surface area (Å²) in [5, 5.41) is 7.50. The van der Waals surface area contributed by atoms with E-state index in [-0.39, 0.29) is 6.04 Å². The fourth-order valence-electron chi connectivity index (χ4n) is 2.18. The van der Waals surface area contributed by atoms with Crippen molar-refractivity contribution >= 4 is 9.84 Å². The molecule has 5 nitrogen and oxygen atoms in total. The van der Waals surface area contributed by atoms with Gasteiger partial charge in [-0.15, -0.1) is 0 Å². The van der Waals surface area contributed by atoms with Crippen molar-refractivity contribution in [2.75, 3.05) is 12.8 Å². The van der Waals surface area contributed by atoms with Gasteiger partial charge in [-0.3, -0.25) is 4.68 Å². The smallest absolute Gasteiger partial charge is 0.151 e. The van der Waals surface area contributed by atoms with E-state index in [1.54, 1.807) is 6.92 Å². The molecule has 6 heteroatoms. The van der Waals surface area contributed by atoms with Gasteiger partial charge in [0.05, 0.1) is 10.9 Å². The summed E-state index contributed by atoms with van der Waals surface area (Å²) in [4.78, 5) is 0. The molecule has 0 bridgehead atoms. The molecule has 0 aliphatic heterocycles. The summed E-state index contributed by atoms with van der Waals surface area (Å²) in [6.45, 7) is 8.92. The van der Waals surface area contributed by atoms with Crippen molar-refractivity contribution in [1.29, 1.82) is 0 Å². The Morgan fingerprint density at radius 3 is 2.52 bits per heavy atom. The Morgan fingerprint density at radius 2 is 2.00 bits per heavy atom. The largest absolute Gasteiger partial charge is 0.312 e. The molecule has 0 spiro atoms. The SMILES string of the molecule is CCCNC(Cc1ccn(C(C)CC)n1)C(C)S(C)(=O)=O. The lowest BCUT2D eigenvalue weighted by molar-refractivity contribution is 0.455. The fraction of sp³-hybridized carbons (Fsp3) is 0.800. The Balaban J connectivity index is 2.83. The topological polar surface area (TPSA) is 64.0 Å². The van der Waals surface area contributed by atoms with E-state index in [0.717, 1.165) is 25.1 Å². The summed E-state index contributed by atoms with van der Waals surface area (Å²) in [6, 6.07) is 2.26. The molecule has 3 unspecified atom stereocenters. The molecule has 1 aromatic rings. The maximum Gasteiger partial charge on any atom is 0.151 e. The van der Waals surface area contributed by atoms with Crippen LogP contribution in [0.15, 0.2) is 12.3 Å². The van der Waals surface area contributed by atoms with Crippen molar-refractivity contribution in [3.63, 3.8) is 0 Å². The van der Waals surface area contributed by atoms with Crippen LogP contribution in [0.25, 0.3) is 0 Å². The van der Waals surface area contributed by atoms with E-state index in [0.29, 0.717) is 12.5 Å². The van der Waals surface area contributed by atoms with Crippen molar-refractivity contribution < 1.29 is 8.42 Å². The Kier molecular flexibility index (Phi) is 6.87. The second kappa shape index (κ2) is 7.94. The number of aromatic nitrogens is 2. The van der Waals surface area contributed by atoms with Crippen molar-refractivity contribution in [3.05, 3.63) is 18.0 Å². The first-order valence-electron chi connectivity index (χ1n) is 7.75. The molecule has 1 aromatic heterocycles. The maximum absolute atomic E-state index is 11.8. The number of nitrogens with zero attached hydrogens (tertiary/aromatic N) is 2. The lowest BCUT2D eigenvalue weighted by Gasteiger charge is -2.23. The summed E-state index contributed by atoms with van der Waals surface area (Å²) in [7, 11) is -3.06. The van der Waals surface area contributed by atoms with Crippen LogP contribution in [-0.2, 0) is 16.3 Å². The van der Waals surface area contributed by atoms with Gasteiger partial charge in [0.15, 0.2) is 9.84 Å². The Bertz CT molecular complexity index is 525. The van der Waals surface area contributed by atoms with Crippen LogP contribution in [-0.4, -0.2) is 42.3 Å². The third kappa shape index (κ3) is 5.43. The van der Waals surface area contributed by atoms with E-state index in [4.69, 9.17) is 0 Å². The van der Waals surface area contributed by atoms with Crippen molar-refractivity contribution in [2.45, 2.75) is 64.3 Å². The van der Waals surface area contributed by atoms with Gasteiger partial charge in [-0.05, 0) is 39.3 Å². The summed E-state index contributed by atoms with van der Waals surface area (Å²) < 4.78 is 25.6. The van der Waals surface area contributed by atoms with Crippen molar-refractivity contribution in [3.8, 4) is 0 Å². The molecule has 0 saturated carbocycles. The van der Waals surface area contributed by atoms with Gasteiger partial charge in [0.2, 0.25) is 0 Å². The highest BCUT2D eigenvalue weighted by atomic mass is 32.2. The van der Waals surface area contributed by atoms with Gasteiger partial charge >= 0.3 is 0 Å². The molecule has 3 atom stereocenters. The molecule has 0 radical (unpaired) electrons. The monoisotopic (exact) mass is 315 g/mol.